The molecular formula is C19H20FN3O4S. The van der Waals surface area contributed by atoms with Gasteiger partial charge in [-0.15, -0.1) is 4.40 Å². The monoisotopic (exact) mass is 405 g/mol. The number of nitrogens with zero attached hydrogens (tertiary/aromatic N) is 2. The second-order valence-corrected chi connectivity index (χ2v) is 8.09. The molecule has 1 unspecified atom stereocenters. The Morgan fingerprint density at radius 1 is 1.32 bits per heavy atom. The number of benzene rings is 2. The number of fused-ring (bicyclic) bond motifs is 1. The minimum absolute atomic E-state index is 0.227. The third-order valence-electron chi connectivity index (χ3n) is 4.51. The van der Waals surface area contributed by atoms with Crippen molar-refractivity contribution in [2.24, 2.45) is 10.1 Å². The van der Waals surface area contributed by atoms with Crippen LogP contribution in [0.5, 0.6) is 0 Å². The summed E-state index contributed by atoms with van der Waals surface area (Å²) in [5.41, 5.74) is 7.16. The zero-order chi connectivity index (χ0) is 20.5. The van der Waals surface area contributed by atoms with Crippen LogP contribution in [0.15, 0.2) is 51.8 Å². The number of carbonyl (C=O) groups is 1. The first-order valence-corrected chi connectivity index (χ1v) is 10.1. The summed E-state index contributed by atoms with van der Waals surface area (Å²) < 4.78 is 43.0. The molecule has 0 bridgehead atoms. The molecule has 148 valence electrons. The predicted octanol–water partition coefficient (Wildman–Crippen LogP) is 1.90. The Balaban J connectivity index is 1.89. The fourth-order valence-electron chi connectivity index (χ4n) is 3.14. The number of rotatable bonds is 5. The maximum atomic E-state index is 14.4. The lowest BCUT2D eigenvalue weighted by atomic mass is 10.1. The van der Waals surface area contributed by atoms with E-state index in [1.165, 1.54) is 11.8 Å². The van der Waals surface area contributed by atoms with Gasteiger partial charge in [-0.1, -0.05) is 30.3 Å². The van der Waals surface area contributed by atoms with E-state index in [4.69, 9.17) is 5.73 Å². The number of nitrogens with two attached hydrogens (primary N) is 1. The molecule has 9 heteroatoms. The van der Waals surface area contributed by atoms with Gasteiger partial charge in [0.1, 0.15) is 16.5 Å². The van der Waals surface area contributed by atoms with Crippen LogP contribution in [-0.2, 0) is 21.2 Å². The Kier molecular flexibility index (Phi) is 5.48. The lowest BCUT2D eigenvalue weighted by Gasteiger charge is -2.15. The first-order chi connectivity index (χ1) is 13.2. The van der Waals surface area contributed by atoms with E-state index in [1.54, 1.807) is 30.3 Å². The van der Waals surface area contributed by atoms with Crippen molar-refractivity contribution >= 4 is 27.5 Å². The van der Waals surface area contributed by atoms with E-state index in [2.05, 4.69) is 4.40 Å². The maximum absolute atomic E-state index is 14.4. The number of hydrogen-bond acceptors (Lipinski definition) is 4. The van der Waals surface area contributed by atoms with Gasteiger partial charge in [-0.3, -0.25) is 4.79 Å². The molecule has 3 N–H and O–H groups in total. The van der Waals surface area contributed by atoms with Crippen molar-refractivity contribution in [2.45, 2.75) is 30.8 Å². The molecule has 1 amide bonds. The van der Waals surface area contributed by atoms with Crippen molar-refractivity contribution in [1.82, 2.24) is 0 Å². The number of hydrogen-bond donors (Lipinski definition) is 2. The van der Waals surface area contributed by atoms with E-state index >= 15 is 0 Å². The van der Waals surface area contributed by atoms with Gasteiger partial charge in [-0.2, -0.15) is 8.42 Å². The second-order valence-electron chi connectivity index (χ2n) is 6.52. The van der Waals surface area contributed by atoms with Gasteiger partial charge in [0.2, 0.25) is 5.91 Å². The molecule has 0 saturated carbocycles. The van der Waals surface area contributed by atoms with E-state index in [1.807, 2.05) is 0 Å². The molecule has 1 heterocycles. The van der Waals surface area contributed by atoms with Crippen LogP contribution in [-0.4, -0.2) is 31.8 Å². The molecule has 0 saturated heterocycles. The van der Waals surface area contributed by atoms with Crippen molar-refractivity contribution in [3.05, 3.63) is 59.4 Å². The van der Waals surface area contributed by atoms with Gasteiger partial charge < -0.3 is 15.7 Å². The van der Waals surface area contributed by atoms with Gasteiger partial charge in [-0.05, 0) is 29.7 Å². The first-order valence-electron chi connectivity index (χ1n) is 8.62. The van der Waals surface area contributed by atoms with Gasteiger partial charge in [-0.25, -0.2) is 4.39 Å². The molecular weight excluding hydrogens is 385 g/mol. The third-order valence-corrected chi connectivity index (χ3v) is 5.85. The van der Waals surface area contributed by atoms with Crippen molar-refractivity contribution in [3.8, 4) is 0 Å². The van der Waals surface area contributed by atoms with Crippen LogP contribution in [0.25, 0.3) is 0 Å². The summed E-state index contributed by atoms with van der Waals surface area (Å²) in [4.78, 5) is 12.4. The summed E-state index contributed by atoms with van der Waals surface area (Å²) >= 11 is 0. The molecule has 2 aromatic rings. The molecule has 2 aromatic carbocycles. The molecule has 0 radical (unpaired) electrons. The third kappa shape index (κ3) is 4.05. The van der Waals surface area contributed by atoms with E-state index in [0.29, 0.717) is 29.8 Å². The van der Waals surface area contributed by atoms with Gasteiger partial charge >= 0.3 is 0 Å². The molecule has 1 atom stereocenters. The predicted molar refractivity (Wildman–Crippen MR) is 103 cm³/mol. The largest absolute Gasteiger partial charge is 0.388 e. The number of halogens is 1. The standard InChI is InChI=1S/C19H20FN3O4S/c1-12(24)23-8-7-14-9-15(20)18(10-16(14)23)28(26,27)22-19(21)11-17(25)13-5-3-2-4-6-13/h2-6,9-10,17,25H,7-8,11H2,1H3,(H2,21,22). The van der Waals surface area contributed by atoms with Crippen molar-refractivity contribution in [2.75, 3.05) is 11.4 Å². The SMILES string of the molecule is CC(=O)N1CCc2cc(F)c(S(=O)(=O)/N=C(\N)CC(O)c3ccccc3)cc21. The van der Waals surface area contributed by atoms with Crippen LogP contribution in [0, 0.1) is 5.82 Å². The fourth-order valence-corrected chi connectivity index (χ4v) is 4.19. The van der Waals surface area contributed by atoms with Crippen LogP contribution in [0.4, 0.5) is 10.1 Å². The highest BCUT2D eigenvalue weighted by molar-refractivity contribution is 7.90. The van der Waals surface area contributed by atoms with Gasteiger partial charge in [0.15, 0.2) is 0 Å². The summed E-state index contributed by atoms with van der Waals surface area (Å²) in [6.45, 7) is 1.72. The number of aliphatic hydroxyl groups excluding tert-OH is 1. The van der Waals surface area contributed by atoms with Gasteiger partial charge in [0.25, 0.3) is 10.0 Å². The maximum Gasteiger partial charge on any atom is 0.286 e. The number of sulfonamides is 1. The summed E-state index contributed by atoms with van der Waals surface area (Å²) in [7, 11) is -4.45. The lowest BCUT2D eigenvalue weighted by molar-refractivity contribution is -0.116. The number of amidine groups is 1. The molecule has 3 rings (SSSR count). The van der Waals surface area contributed by atoms with Crippen LogP contribution in [0.3, 0.4) is 0 Å². The van der Waals surface area contributed by atoms with E-state index in [9.17, 15) is 22.7 Å². The molecule has 1 aliphatic heterocycles. The summed E-state index contributed by atoms with van der Waals surface area (Å²) in [6.07, 6.45) is -0.825. The molecule has 28 heavy (non-hydrogen) atoms. The minimum Gasteiger partial charge on any atom is -0.388 e. The molecule has 7 nitrogen and oxygen atoms in total. The average molecular weight is 405 g/mol. The minimum atomic E-state index is -4.45. The molecule has 0 fully saturated rings. The lowest BCUT2D eigenvalue weighted by Crippen LogP contribution is -2.26. The molecule has 0 spiro atoms. The normalized spacial score (nSPS) is 15.4. The van der Waals surface area contributed by atoms with Crippen LogP contribution < -0.4 is 10.6 Å². The zero-order valence-electron chi connectivity index (χ0n) is 15.2. The van der Waals surface area contributed by atoms with Crippen molar-refractivity contribution in [3.63, 3.8) is 0 Å². The molecule has 1 aliphatic rings. The Morgan fingerprint density at radius 3 is 2.64 bits per heavy atom. The van der Waals surface area contributed by atoms with Crippen LogP contribution in [0.1, 0.15) is 30.6 Å². The fraction of sp³-hybridized carbons (Fsp3) is 0.263. The van der Waals surface area contributed by atoms with E-state index in [-0.39, 0.29) is 18.2 Å². The highest BCUT2D eigenvalue weighted by atomic mass is 32.2. The van der Waals surface area contributed by atoms with Gasteiger partial charge in [0, 0.05) is 25.6 Å². The highest BCUT2D eigenvalue weighted by Gasteiger charge is 2.28. The Labute approximate surface area is 162 Å². The van der Waals surface area contributed by atoms with Crippen molar-refractivity contribution < 1.29 is 22.7 Å². The Bertz CT molecular complexity index is 1040. The number of amides is 1. The summed E-state index contributed by atoms with van der Waals surface area (Å²) in [5, 5.41) is 10.2. The topological polar surface area (TPSA) is 113 Å². The average Bonchev–Trinajstić information content (AvgIpc) is 3.04. The van der Waals surface area contributed by atoms with Crippen molar-refractivity contribution in [1.29, 1.82) is 0 Å². The quantitative estimate of drug-likeness (QED) is 0.583. The van der Waals surface area contributed by atoms with E-state index in [0.717, 1.165) is 12.1 Å². The highest BCUT2D eigenvalue weighted by Crippen LogP contribution is 2.33. The second kappa shape index (κ2) is 7.69. The summed E-state index contributed by atoms with van der Waals surface area (Å²) in [6, 6.07) is 10.8. The zero-order valence-corrected chi connectivity index (χ0v) is 16.0. The number of aliphatic hydroxyl groups is 1. The molecule has 0 aliphatic carbocycles. The number of anilines is 1. The number of carbonyl (C=O) groups excluding carboxylic acids is 1. The Hall–Kier alpha value is -2.78. The van der Waals surface area contributed by atoms with Gasteiger partial charge in [0.05, 0.1) is 6.10 Å². The smallest absolute Gasteiger partial charge is 0.286 e. The summed E-state index contributed by atoms with van der Waals surface area (Å²) in [5.74, 6) is -1.56. The first kappa shape index (κ1) is 20.0. The Morgan fingerprint density at radius 2 is 2.00 bits per heavy atom. The molecule has 0 aromatic heterocycles. The van der Waals surface area contributed by atoms with Crippen LogP contribution in [0.2, 0.25) is 0 Å². The van der Waals surface area contributed by atoms with Crippen LogP contribution >= 0.6 is 0 Å². The van der Waals surface area contributed by atoms with E-state index < -0.39 is 26.8 Å².